The lowest BCUT2D eigenvalue weighted by Crippen LogP contribution is -2.53. The number of para-hydroxylation sites is 1. The number of anilines is 1. The fraction of sp³-hybridized carbons (Fsp3) is 0. The molecule has 1 aromatic heterocycles. The fourth-order valence-electron chi connectivity index (χ4n) is 3.94. The molecule has 0 amide bonds. The number of benzene rings is 4. The SMILES string of the molecule is S=C(Nc1ccccc1)N[n+]1c(-c2ccccc2)cc(-c2ccccc2)cc1-c1ccccc1. The van der Waals surface area contributed by atoms with Crippen molar-refractivity contribution in [3.63, 3.8) is 0 Å². The average molecular weight is 459 g/mol. The van der Waals surface area contributed by atoms with Crippen LogP contribution < -0.4 is 15.4 Å². The van der Waals surface area contributed by atoms with E-state index in [1.165, 1.54) is 0 Å². The maximum absolute atomic E-state index is 5.72. The zero-order chi connectivity index (χ0) is 23.2. The van der Waals surface area contributed by atoms with Crippen molar-refractivity contribution in [2.75, 3.05) is 10.7 Å². The molecule has 5 aromatic rings. The number of rotatable bonds is 5. The summed E-state index contributed by atoms with van der Waals surface area (Å²) >= 11 is 5.72. The van der Waals surface area contributed by atoms with Crippen LogP contribution in [0.5, 0.6) is 0 Å². The van der Waals surface area contributed by atoms with E-state index >= 15 is 0 Å². The van der Waals surface area contributed by atoms with Crippen LogP contribution in [0.2, 0.25) is 0 Å². The van der Waals surface area contributed by atoms with E-state index in [-0.39, 0.29) is 0 Å². The van der Waals surface area contributed by atoms with Gasteiger partial charge >= 0.3 is 0 Å². The predicted molar refractivity (Wildman–Crippen MR) is 145 cm³/mol. The number of aromatic nitrogens is 1. The molecule has 0 spiro atoms. The Hall–Kier alpha value is -4.28. The number of thiocarbonyl (C=S) groups is 1. The zero-order valence-corrected chi connectivity index (χ0v) is 19.4. The van der Waals surface area contributed by atoms with Crippen LogP contribution in [0.1, 0.15) is 0 Å². The molecule has 5 rings (SSSR count). The predicted octanol–water partition coefficient (Wildman–Crippen LogP) is 6.92. The maximum atomic E-state index is 5.72. The van der Waals surface area contributed by atoms with Crippen molar-refractivity contribution in [1.29, 1.82) is 0 Å². The van der Waals surface area contributed by atoms with E-state index in [1.54, 1.807) is 0 Å². The molecule has 3 nitrogen and oxygen atoms in total. The molecule has 0 unspecified atom stereocenters. The Balaban J connectivity index is 1.68. The van der Waals surface area contributed by atoms with Gasteiger partial charge in [0.05, 0.1) is 0 Å². The molecule has 0 aliphatic carbocycles. The van der Waals surface area contributed by atoms with Crippen LogP contribution in [0.25, 0.3) is 33.6 Å². The third kappa shape index (κ3) is 4.87. The first-order chi connectivity index (χ1) is 16.8. The molecule has 0 aliphatic heterocycles. The Morgan fingerprint density at radius 1 is 0.500 bits per heavy atom. The summed E-state index contributed by atoms with van der Waals surface area (Å²) in [4.78, 5) is 0. The first-order valence-corrected chi connectivity index (χ1v) is 11.6. The van der Waals surface area contributed by atoms with E-state index in [0.29, 0.717) is 5.11 Å². The molecule has 4 heteroatoms. The van der Waals surface area contributed by atoms with E-state index in [0.717, 1.165) is 39.3 Å². The highest BCUT2D eigenvalue weighted by molar-refractivity contribution is 7.80. The van der Waals surface area contributed by atoms with Gasteiger partial charge in [-0.25, -0.2) is 0 Å². The van der Waals surface area contributed by atoms with Gasteiger partial charge in [-0.3, -0.25) is 0 Å². The van der Waals surface area contributed by atoms with Crippen molar-refractivity contribution in [1.82, 2.24) is 0 Å². The molecule has 2 N–H and O–H groups in total. The Morgan fingerprint density at radius 3 is 1.38 bits per heavy atom. The molecule has 1 heterocycles. The first kappa shape index (κ1) is 21.6. The lowest BCUT2D eigenvalue weighted by Gasteiger charge is -2.14. The summed E-state index contributed by atoms with van der Waals surface area (Å²) in [7, 11) is 0. The topological polar surface area (TPSA) is 27.9 Å². The molecule has 0 saturated carbocycles. The normalized spacial score (nSPS) is 10.5. The van der Waals surface area contributed by atoms with Gasteiger partial charge in [-0.05, 0) is 59.7 Å². The van der Waals surface area contributed by atoms with Gasteiger partial charge in [0.15, 0.2) is 0 Å². The van der Waals surface area contributed by atoms with E-state index < -0.39 is 0 Å². The lowest BCUT2D eigenvalue weighted by molar-refractivity contribution is -0.617. The summed E-state index contributed by atoms with van der Waals surface area (Å²) in [5.41, 5.74) is 10.9. The highest BCUT2D eigenvalue weighted by atomic mass is 32.1. The van der Waals surface area contributed by atoms with Crippen LogP contribution in [0, 0.1) is 0 Å². The molecular weight excluding hydrogens is 434 g/mol. The van der Waals surface area contributed by atoms with E-state index in [4.69, 9.17) is 12.2 Å². The van der Waals surface area contributed by atoms with Gasteiger partial charge < -0.3 is 5.32 Å². The number of nitrogens with zero attached hydrogens (tertiary/aromatic N) is 1. The Morgan fingerprint density at radius 2 is 0.912 bits per heavy atom. The third-order valence-electron chi connectivity index (χ3n) is 5.56. The maximum Gasteiger partial charge on any atom is 0.244 e. The molecular formula is C30H24N3S+. The second-order valence-corrected chi connectivity index (χ2v) is 8.29. The minimum atomic E-state index is 0.512. The highest BCUT2D eigenvalue weighted by Gasteiger charge is 2.24. The molecule has 34 heavy (non-hydrogen) atoms. The van der Waals surface area contributed by atoms with Crippen LogP contribution >= 0.6 is 12.2 Å². The fourth-order valence-corrected chi connectivity index (χ4v) is 4.15. The standard InChI is InChI=1S/C30H23N3S/c34-30(31-27-19-11-4-12-20-27)32-33-28(24-15-7-2-8-16-24)21-26(23-13-5-1-6-14-23)22-29(33)25-17-9-3-10-18-25/h1-22H,(H-,31,32,34)/p+1. The molecule has 0 aliphatic rings. The largest absolute Gasteiger partial charge is 0.328 e. The summed E-state index contributed by atoms with van der Waals surface area (Å²) in [6, 6.07) is 45.5. The lowest BCUT2D eigenvalue weighted by atomic mass is 10.00. The van der Waals surface area contributed by atoms with Gasteiger partial charge in [0.1, 0.15) is 0 Å². The molecule has 0 atom stereocenters. The van der Waals surface area contributed by atoms with Crippen LogP contribution in [-0.2, 0) is 0 Å². The Bertz CT molecular complexity index is 1330. The van der Waals surface area contributed by atoms with Crippen LogP contribution in [0.3, 0.4) is 0 Å². The average Bonchev–Trinajstić information content (AvgIpc) is 2.91. The highest BCUT2D eigenvalue weighted by Crippen LogP contribution is 2.28. The van der Waals surface area contributed by atoms with Crippen molar-refractivity contribution in [2.24, 2.45) is 0 Å². The Labute approximate surface area is 205 Å². The number of pyridine rings is 1. The summed E-state index contributed by atoms with van der Waals surface area (Å²) < 4.78 is 2.06. The number of hydrogen-bond acceptors (Lipinski definition) is 1. The summed E-state index contributed by atoms with van der Waals surface area (Å²) in [5.74, 6) is 0. The van der Waals surface area contributed by atoms with Gasteiger partial charge in [0.25, 0.3) is 0 Å². The molecule has 0 radical (unpaired) electrons. The monoisotopic (exact) mass is 458 g/mol. The van der Waals surface area contributed by atoms with E-state index in [2.05, 4.69) is 100 Å². The van der Waals surface area contributed by atoms with Crippen molar-refractivity contribution < 1.29 is 4.68 Å². The van der Waals surface area contributed by atoms with Crippen LogP contribution in [0.4, 0.5) is 5.69 Å². The Kier molecular flexibility index (Phi) is 6.41. The van der Waals surface area contributed by atoms with Gasteiger partial charge in [0.2, 0.25) is 16.5 Å². The van der Waals surface area contributed by atoms with E-state index in [9.17, 15) is 0 Å². The molecule has 0 saturated heterocycles. The minimum absolute atomic E-state index is 0.512. The van der Waals surface area contributed by atoms with Crippen molar-refractivity contribution >= 4 is 23.0 Å². The molecule has 0 bridgehead atoms. The van der Waals surface area contributed by atoms with Gasteiger partial charge in [0, 0.05) is 28.9 Å². The van der Waals surface area contributed by atoms with Crippen LogP contribution in [0.15, 0.2) is 133 Å². The quantitative estimate of drug-likeness (QED) is 0.221. The molecule has 4 aromatic carbocycles. The minimum Gasteiger partial charge on any atom is -0.328 e. The second-order valence-electron chi connectivity index (χ2n) is 7.88. The number of hydrogen-bond donors (Lipinski definition) is 2. The molecule has 164 valence electrons. The summed E-state index contributed by atoms with van der Waals surface area (Å²) in [6.07, 6.45) is 0. The van der Waals surface area contributed by atoms with Crippen molar-refractivity contribution in [3.05, 3.63) is 133 Å². The second kappa shape index (κ2) is 10.1. The smallest absolute Gasteiger partial charge is 0.244 e. The third-order valence-corrected chi connectivity index (χ3v) is 5.75. The van der Waals surface area contributed by atoms with Crippen molar-refractivity contribution in [2.45, 2.75) is 0 Å². The van der Waals surface area contributed by atoms with Gasteiger partial charge in [-0.1, -0.05) is 89.6 Å². The first-order valence-electron chi connectivity index (χ1n) is 11.2. The van der Waals surface area contributed by atoms with Crippen LogP contribution in [-0.4, -0.2) is 5.11 Å². The van der Waals surface area contributed by atoms with E-state index in [1.807, 2.05) is 48.5 Å². The summed E-state index contributed by atoms with van der Waals surface area (Å²) in [5, 5.41) is 3.81. The number of nitrogens with one attached hydrogen (secondary N) is 2. The van der Waals surface area contributed by atoms with Crippen molar-refractivity contribution in [3.8, 4) is 33.6 Å². The van der Waals surface area contributed by atoms with Gasteiger partial charge in [-0.15, -0.1) is 5.43 Å². The molecule has 0 fully saturated rings. The zero-order valence-electron chi connectivity index (χ0n) is 18.6. The summed E-state index contributed by atoms with van der Waals surface area (Å²) in [6.45, 7) is 0. The van der Waals surface area contributed by atoms with Gasteiger partial charge in [-0.2, -0.15) is 0 Å².